The Kier molecular flexibility index (Phi) is 4.92. The fourth-order valence-electron chi connectivity index (χ4n) is 2.51. The number of hydrogen-bond donors (Lipinski definition) is 2. The highest BCUT2D eigenvalue weighted by Crippen LogP contribution is 2.48. The van der Waals surface area contributed by atoms with Crippen molar-refractivity contribution in [2.45, 2.75) is 52.5 Å². The zero-order chi connectivity index (χ0) is 15.3. The molecule has 0 bridgehead atoms. The van der Waals surface area contributed by atoms with Gasteiger partial charge in [0.1, 0.15) is 0 Å². The second-order valence-electron chi connectivity index (χ2n) is 7.23. The van der Waals surface area contributed by atoms with Gasteiger partial charge < -0.3 is 10.6 Å². The molecule has 1 aromatic carbocycles. The Morgan fingerprint density at radius 2 is 1.86 bits per heavy atom. The fourth-order valence-corrected chi connectivity index (χ4v) is 2.51. The van der Waals surface area contributed by atoms with E-state index in [0.29, 0.717) is 5.41 Å². The molecule has 0 atom stereocenters. The Balaban J connectivity index is 1.97. The Hall–Kier alpha value is -1.51. The van der Waals surface area contributed by atoms with Crippen molar-refractivity contribution >= 4 is 5.96 Å². The van der Waals surface area contributed by atoms with Gasteiger partial charge in [0.25, 0.3) is 0 Å². The Morgan fingerprint density at radius 3 is 2.38 bits per heavy atom. The van der Waals surface area contributed by atoms with Crippen molar-refractivity contribution in [2.24, 2.45) is 10.4 Å². The minimum absolute atomic E-state index is 0.0388. The molecule has 1 aliphatic carbocycles. The third-order valence-electron chi connectivity index (χ3n) is 3.79. The van der Waals surface area contributed by atoms with Crippen LogP contribution in [0, 0.1) is 5.41 Å². The topological polar surface area (TPSA) is 36.4 Å². The second kappa shape index (κ2) is 6.50. The summed E-state index contributed by atoms with van der Waals surface area (Å²) < 4.78 is 0. The van der Waals surface area contributed by atoms with Crippen LogP contribution in [-0.2, 0) is 6.42 Å². The van der Waals surface area contributed by atoms with Gasteiger partial charge in [0.05, 0.1) is 0 Å². The van der Waals surface area contributed by atoms with Crippen LogP contribution in [0.25, 0.3) is 0 Å². The van der Waals surface area contributed by atoms with Crippen molar-refractivity contribution in [3.63, 3.8) is 0 Å². The van der Waals surface area contributed by atoms with Crippen LogP contribution in [0.4, 0.5) is 0 Å². The summed E-state index contributed by atoms with van der Waals surface area (Å²) in [5, 5.41) is 6.80. The number of guanidine groups is 1. The van der Waals surface area contributed by atoms with E-state index in [2.05, 4.69) is 68.7 Å². The predicted molar refractivity (Wildman–Crippen MR) is 90.7 cm³/mol. The third-order valence-corrected chi connectivity index (χ3v) is 3.79. The lowest BCUT2D eigenvalue weighted by atomic mass is 9.97. The predicted octanol–water partition coefficient (Wildman–Crippen LogP) is 3.36. The number of nitrogens with one attached hydrogen (secondary N) is 2. The van der Waals surface area contributed by atoms with Crippen molar-refractivity contribution in [3.8, 4) is 0 Å². The molecule has 0 spiro atoms. The second-order valence-corrected chi connectivity index (χ2v) is 7.23. The first-order valence-electron chi connectivity index (χ1n) is 8.03. The molecule has 0 aliphatic heterocycles. The third kappa shape index (κ3) is 5.41. The molecule has 0 aromatic heterocycles. The van der Waals surface area contributed by atoms with Crippen molar-refractivity contribution < 1.29 is 0 Å². The molecule has 3 heteroatoms. The van der Waals surface area contributed by atoms with Gasteiger partial charge in [-0.05, 0) is 57.9 Å². The average Bonchev–Trinajstić information content (AvgIpc) is 3.16. The summed E-state index contributed by atoms with van der Waals surface area (Å²) in [7, 11) is 0. The summed E-state index contributed by atoms with van der Waals surface area (Å²) in [4.78, 5) is 4.82. The molecule has 1 saturated carbocycles. The summed E-state index contributed by atoms with van der Waals surface area (Å²) in [6, 6.07) is 10.8. The monoisotopic (exact) mass is 287 g/mol. The van der Waals surface area contributed by atoms with E-state index in [1.807, 2.05) is 0 Å². The zero-order valence-electron chi connectivity index (χ0n) is 13.9. The maximum Gasteiger partial charge on any atom is 0.191 e. The summed E-state index contributed by atoms with van der Waals surface area (Å²) in [6.07, 6.45) is 3.73. The standard InChI is InChI=1S/C18H29N3/c1-5-19-16(21-17(2,3)4)20-14-18(11-12-18)13-15-9-7-6-8-10-15/h6-10H,5,11-14H2,1-4H3,(H2,19,20,21). The largest absolute Gasteiger partial charge is 0.357 e. The highest BCUT2D eigenvalue weighted by molar-refractivity contribution is 5.80. The molecule has 0 heterocycles. The molecular weight excluding hydrogens is 258 g/mol. The lowest BCUT2D eigenvalue weighted by Gasteiger charge is -2.24. The zero-order valence-corrected chi connectivity index (χ0v) is 13.9. The van der Waals surface area contributed by atoms with Gasteiger partial charge in [-0.15, -0.1) is 0 Å². The summed E-state index contributed by atoms with van der Waals surface area (Å²) in [5.74, 6) is 0.935. The number of nitrogens with zero attached hydrogens (tertiary/aromatic N) is 1. The first-order valence-corrected chi connectivity index (χ1v) is 8.03. The Morgan fingerprint density at radius 1 is 1.19 bits per heavy atom. The normalized spacial score (nSPS) is 17.4. The minimum Gasteiger partial charge on any atom is -0.357 e. The molecule has 1 aliphatic rings. The van der Waals surface area contributed by atoms with Crippen LogP contribution in [0.2, 0.25) is 0 Å². The van der Waals surface area contributed by atoms with E-state index in [1.54, 1.807) is 0 Å². The molecule has 21 heavy (non-hydrogen) atoms. The van der Waals surface area contributed by atoms with E-state index in [9.17, 15) is 0 Å². The van der Waals surface area contributed by atoms with Crippen molar-refractivity contribution in [3.05, 3.63) is 35.9 Å². The van der Waals surface area contributed by atoms with E-state index in [1.165, 1.54) is 18.4 Å². The summed E-state index contributed by atoms with van der Waals surface area (Å²) >= 11 is 0. The maximum absolute atomic E-state index is 4.82. The fraction of sp³-hybridized carbons (Fsp3) is 0.611. The van der Waals surface area contributed by atoms with Gasteiger partial charge in [0.15, 0.2) is 5.96 Å². The lowest BCUT2D eigenvalue weighted by Crippen LogP contribution is -2.47. The average molecular weight is 287 g/mol. The lowest BCUT2D eigenvalue weighted by molar-refractivity contribution is 0.489. The number of aliphatic imine (C=N–C) groups is 1. The van der Waals surface area contributed by atoms with Crippen LogP contribution in [0.15, 0.2) is 35.3 Å². The SMILES string of the molecule is CCNC(=NCC1(Cc2ccccc2)CC1)NC(C)(C)C. The molecule has 0 saturated heterocycles. The van der Waals surface area contributed by atoms with Crippen LogP contribution < -0.4 is 10.6 Å². The molecular formula is C18H29N3. The highest BCUT2D eigenvalue weighted by Gasteiger charge is 2.42. The molecule has 2 N–H and O–H groups in total. The van der Waals surface area contributed by atoms with Crippen LogP contribution in [0.5, 0.6) is 0 Å². The molecule has 0 amide bonds. The summed E-state index contributed by atoms with van der Waals surface area (Å²) in [5.41, 5.74) is 1.86. The van der Waals surface area contributed by atoms with Crippen molar-refractivity contribution in [1.82, 2.24) is 10.6 Å². The van der Waals surface area contributed by atoms with Gasteiger partial charge in [0, 0.05) is 18.6 Å². The first kappa shape index (κ1) is 15.9. The molecule has 1 aromatic rings. The molecule has 2 rings (SSSR count). The molecule has 0 radical (unpaired) electrons. The number of rotatable bonds is 5. The van der Waals surface area contributed by atoms with Gasteiger partial charge >= 0.3 is 0 Å². The van der Waals surface area contributed by atoms with Gasteiger partial charge in [-0.25, -0.2) is 0 Å². The Labute approximate surface area is 129 Å². The van der Waals surface area contributed by atoms with Crippen LogP contribution >= 0.6 is 0 Å². The molecule has 116 valence electrons. The van der Waals surface area contributed by atoms with Gasteiger partial charge in [-0.3, -0.25) is 4.99 Å². The van der Waals surface area contributed by atoms with Crippen molar-refractivity contribution in [1.29, 1.82) is 0 Å². The van der Waals surface area contributed by atoms with Gasteiger partial charge in [0.2, 0.25) is 0 Å². The van der Waals surface area contributed by atoms with E-state index < -0.39 is 0 Å². The van der Waals surface area contributed by atoms with Crippen LogP contribution in [-0.4, -0.2) is 24.6 Å². The van der Waals surface area contributed by atoms with Crippen molar-refractivity contribution in [2.75, 3.05) is 13.1 Å². The van der Waals surface area contributed by atoms with E-state index in [-0.39, 0.29) is 5.54 Å². The number of hydrogen-bond acceptors (Lipinski definition) is 1. The highest BCUT2D eigenvalue weighted by atomic mass is 15.2. The molecule has 1 fully saturated rings. The quantitative estimate of drug-likeness (QED) is 0.643. The smallest absolute Gasteiger partial charge is 0.191 e. The molecule has 0 unspecified atom stereocenters. The minimum atomic E-state index is 0.0388. The van der Waals surface area contributed by atoms with E-state index >= 15 is 0 Å². The summed E-state index contributed by atoms with van der Waals surface area (Å²) in [6.45, 7) is 10.4. The van der Waals surface area contributed by atoms with Gasteiger partial charge in [-0.2, -0.15) is 0 Å². The van der Waals surface area contributed by atoms with E-state index in [4.69, 9.17) is 4.99 Å². The Bertz CT molecular complexity index is 467. The molecule has 3 nitrogen and oxygen atoms in total. The first-order chi connectivity index (χ1) is 9.92. The number of benzene rings is 1. The van der Waals surface area contributed by atoms with E-state index in [0.717, 1.165) is 25.5 Å². The maximum atomic E-state index is 4.82. The van der Waals surface area contributed by atoms with Crippen LogP contribution in [0.1, 0.15) is 46.1 Å². The van der Waals surface area contributed by atoms with Crippen LogP contribution in [0.3, 0.4) is 0 Å². The van der Waals surface area contributed by atoms with Gasteiger partial charge in [-0.1, -0.05) is 30.3 Å².